The second-order valence-electron chi connectivity index (χ2n) is 6.10. The van der Waals surface area contributed by atoms with Gasteiger partial charge < -0.3 is 10.0 Å². The highest BCUT2D eigenvalue weighted by Crippen LogP contribution is 2.25. The summed E-state index contributed by atoms with van der Waals surface area (Å²) in [5.74, 6) is -1.42. The highest BCUT2D eigenvalue weighted by Gasteiger charge is 2.29. The smallest absolute Gasteiger partial charge is 0.256 e. The largest absolute Gasteiger partial charge is 0.508 e. The van der Waals surface area contributed by atoms with Crippen molar-refractivity contribution in [3.63, 3.8) is 0 Å². The molecule has 0 spiro atoms. The second kappa shape index (κ2) is 7.23. The molecule has 130 valence electrons. The molecule has 0 bridgehead atoms. The molecule has 1 amide bonds. The number of hydrogen-bond acceptors (Lipinski definition) is 3. The maximum Gasteiger partial charge on any atom is 0.256 e. The third-order valence-corrected chi connectivity index (χ3v) is 4.71. The summed E-state index contributed by atoms with van der Waals surface area (Å²) in [6, 6.07) is 10.1. The highest BCUT2D eigenvalue weighted by atomic mass is 35.5. The van der Waals surface area contributed by atoms with Crippen molar-refractivity contribution in [1.29, 1.82) is 0 Å². The normalized spacial score (nSPS) is 15.2. The molecule has 1 saturated heterocycles. The molecule has 0 atom stereocenters. The van der Waals surface area contributed by atoms with Crippen molar-refractivity contribution in [2.75, 3.05) is 13.1 Å². The number of Topliss-reactive ketones (excluding diaryl/α,β-unsaturated/α-hetero) is 1. The number of aromatic hydroxyl groups is 1. The van der Waals surface area contributed by atoms with Gasteiger partial charge in [0.2, 0.25) is 0 Å². The molecule has 3 rings (SSSR count). The van der Waals surface area contributed by atoms with Gasteiger partial charge in [-0.15, -0.1) is 0 Å². The third kappa shape index (κ3) is 3.82. The first-order chi connectivity index (χ1) is 12.0. The maximum absolute atomic E-state index is 13.8. The van der Waals surface area contributed by atoms with E-state index in [1.807, 2.05) is 0 Å². The van der Waals surface area contributed by atoms with E-state index in [-0.39, 0.29) is 23.0 Å². The van der Waals surface area contributed by atoms with Crippen molar-refractivity contribution in [3.05, 3.63) is 64.4 Å². The summed E-state index contributed by atoms with van der Waals surface area (Å²) < 4.78 is 13.8. The fourth-order valence-corrected chi connectivity index (χ4v) is 3.17. The standard InChI is InChI=1S/C19H17ClFNO3/c20-14-3-1-12(2-4-14)18(24)13-7-9-22(10-8-13)19(25)16-11-15(23)5-6-17(16)21/h1-6,11,13,23H,7-10H2. The third-order valence-electron chi connectivity index (χ3n) is 4.46. The fourth-order valence-electron chi connectivity index (χ4n) is 3.04. The summed E-state index contributed by atoms with van der Waals surface area (Å²) in [6.07, 6.45) is 1.04. The van der Waals surface area contributed by atoms with Crippen LogP contribution >= 0.6 is 11.6 Å². The van der Waals surface area contributed by atoms with Gasteiger partial charge in [-0.25, -0.2) is 4.39 Å². The van der Waals surface area contributed by atoms with Crippen LogP contribution in [-0.2, 0) is 0 Å². The molecule has 1 N–H and O–H groups in total. The summed E-state index contributed by atoms with van der Waals surface area (Å²) in [7, 11) is 0. The van der Waals surface area contributed by atoms with Crippen molar-refractivity contribution < 1.29 is 19.1 Å². The number of phenols is 1. The van der Waals surface area contributed by atoms with Gasteiger partial charge in [0.25, 0.3) is 5.91 Å². The van der Waals surface area contributed by atoms with Crippen LogP contribution in [0, 0.1) is 11.7 Å². The average molecular weight is 362 g/mol. The maximum atomic E-state index is 13.8. The van der Waals surface area contributed by atoms with E-state index in [2.05, 4.69) is 0 Å². The minimum Gasteiger partial charge on any atom is -0.508 e. The monoisotopic (exact) mass is 361 g/mol. The lowest BCUT2D eigenvalue weighted by atomic mass is 9.88. The molecule has 1 fully saturated rings. The molecule has 0 aliphatic carbocycles. The predicted octanol–water partition coefficient (Wildman–Crippen LogP) is 3.92. The van der Waals surface area contributed by atoms with E-state index in [4.69, 9.17) is 11.6 Å². The number of carbonyl (C=O) groups excluding carboxylic acids is 2. The number of halogens is 2. The summed E-state index contributed by atoms with van der Waals surface area (Å²) >= 11 is 5.83. The van der Waals surface area contributed by atoms with Gasteiger partial charge in [0.15, 0.2) is 5.78 Å². The first kappa shape index (κ1) is 17.4. The van der Waals surface area contributed by atoms with Gasteiger partial charge >= 0.3 is 0 Å². The Kier molecular flexibility index (Phi) is 5.04. The molecule has 2 aromatic carbocycles. The summed E-state index contributed by atoms with van der Waals surface area (Å²) in [4.78, 5) is 26.5. The zero-order valence-electron chi connectivity index (χ0n) is 13.4. The lowest BCUT2D eigenvalue weighted by Crippen LogP contribution is -2.40. The number of likely N-dealkylation sites (tertiary alicyclic amines) is 1. The number of benzene rings is 2. The van der Waals surface area contributed by atoms with Crippen LogP contribution in [0.5, 0.6) is 5.75 Å². The Morgan fingerprint density at radius 3 is 2.36 bits per heavy atom. The molecule has 6 heteroatoms. The van der Waals surface area contributed by atoms with E-state index in [0.717, 1.165) is 12.1 Å². The topological polar surface area (TPSA) is 57.6 Å². The van der Waals surface area contributed by atoms with E-state index in [9.17, 15) is 19.1 Å². The molecule has 4 nitrogen and oxygen atoms in total. The van der Waals surface area contributed by atoms with Crippen molar-refractivity contribution in [1.82, 2.24) is 4.90 Å². The van der Waals surface area contributed by atoms with E-state index in [1.165, 1.54) is 11.0 Å². The number of ketones is 1. The second-order valence-corrected chi connectivity index (χ2v) is 6.54. The Morgan fingerprint density at radius 2 is 1.72 bits per heavy atom. The highest BCUT2D eigenvalue weighted by molar-refractivity contribution is 6.30. The quantitative estimate of drug-likeness (QED) is 0.843. The summed E-state index contributed by atoms with van der Waals surface area (Å²) in [5.41, 5.74) is 0.454. The lowest BCUT2D eigenvalue weighted by Gasteiger charge is -2.31. The Labute approximate surface area is 149 Å². The number of nitrogens with zero attached hydrogens (tertiary/aromatic N) is 1. The number of carbonyl (C=O) groups is 2. The number of rotatable bonds is 3. The molecule has 0 aromatic heterocycles. The van der Waals surface area contributed by atoms with E-state index in [1.54, 1.807) is 24.3 Å². The van der Waals surface area contributed by atoms with Crippen LogP contribution in [0.25, 0.3) is 0 Å². The van der Waals surface area contributed by atoms with Gasteiger partial charge in [0.1, 0.15) is 11.6 Å². The molecule has 1 aliphatic rings. The molecule has 0 radical (unpaired) electrons. The Morgan fingerprint density at radius 1 is 1.08 bits per heavy atom. The van der Waals surface area contributed by atoms with Crippen LogP contribution in [-0.4, -0.2) is 34.8 Å². The van der Waals surface area contributed by atoms with Crippen LogP contribution in [0.4, 0.5) is 4.39 Å². The van der Waals surface area contributed by atoms with E-state index >= 15 is 0 Å². The molecule has 0 saturated carbocycles. The van der Waals surface area contributed by atoms with Gasteiger partial charge in [-0.2, -0.15) is 0 Å². The van der Waals surface area contributed by atoms with Gasteiger partial charge in [-0.3, -0.25) is 9.59 Å². The molecule has 1 heterocycles. The van der Waals surface area contributed by atoms with Gasteiger partial charge in [-0.05, 0) is 55.3 Å². The zero-order valence-corrected chi connectivity index (χ0v) is 14.2. The van der Waals surface area contributed by atoms with Crippen LogP contribution in [0.1, 0.15) is 33.6 Å². The number of phenolic OH excluding ortho intramolecular Hbond substituents is 1. The summed E-state index contributed by atoms with van der Waals surface area (Å²) in [5, 5.41) is 10.0. The molecular weight excluding hydrogens is 345 g/mol. The van der Waals surface area contributed by atoms with Crippen molar-refractivity contribution in [3.8, 4) is 5.75 Å². The van der Waals surface area contributed by atoms with Gasteiger partial charge in [-0.1, -0.05) is 11.6 Å². The molecule has 1 aliphatic heterocycles. The molecule has 2 aromatic rings. The molecule has 0 unspecified atom stereocenters. The first-order valence-corrected chi connectivity index (χ1v) is 8.41. The van der Waals surface area contributed by atoms with Crippen molar-refractivity contribution >= 4 is 23.3 Å². The fraction of sp³-hybridized carbons (Fsp3) is 0.263. The van der Waals surface area contributed by atoms with Crippen molar-refractivity contribution in [2.45, 2.75) is 12.8 Å². The predicted molar refractivity (Wildman–Crippen MR) is 92.5 cm³/mol. The zero-order chi connectivity index (χ0) is 18.0. The van der Waals surface area contributed by atoms with Crippen LogP contribution < -0.4 is 0 Å². The Hall–Kier alpha value is -2.40. The van der Waals surface area contributed by atoms with E-state index < -0.39 is 11.7 Å². The number of hydrogen-bond donors (Lipinski definition) is 1. The van der Waals surface area contributed by atoms with Crippen LogP contribution in [0.2, 0.25) is 5.02 Å². The van der Waals surface area contributed by atoms with E-state index in [0.29, 0.717) is 36.5 Å². The number of piperidine rings is 1. The van der Waals surface area contributed by atoms with Crippen LogP contribution in [0.3, 0.4) is 0 Å². The first-order valence-electron chi connectivity index (χ1n) is 8.03. The Bertz CT molecular complexity index is 799. The molecule has 25 heavy (non-hydrogen) atoms. The van der Waals surface area contributed by atoms with Gasteiger partial charge in [0, 0.05) is 29.6 Å². The SMILES string of the molecule is O=C(c1ccc(Cl)cc1)C1CCN(C(=O)c2cc(O)ccc2F)CC1. The van der Waals surface area contributed by atoms with Crippen LogP contribution in [0.15, 0.2) is 42.5 Å². The average Bonchev–Trinajstić information content (AvgIpc) is 2.63. The number of amides is 1. The minimum absolute atomic E-state index is 0.0345. The molecular formula is C19H17ClFNO3. The minimum atomic E-state index is -0.665. The van der Waals surface area contributed by atoms with Gasteiger partial charge in [0.05, 0.1) is 5.56 Å². The Balaban J connectivity index is 1.65. The lowest BCUT2D eigenvalue weighted by molar-refractivity contribution is 0.0646. The van der Waals surface area contributed by atoms with Crippen molar-refractivity contribution in [2.24, 2.45) is 5.92 Å². The summed E-state index contributed by atoms with van der Waals surface area (Å²) in [6.45, 7) is 0.746.